The molecule has 2 heterocycles. The van der Waals surface area contributed by atoms with Crippen LogP contribution in [0.2, 0.25) is 0 Å². The molecule has 0 saturated heterocycles. The fraction of sp³-hybridized carbons (Fsp3) is 0.500. The molecule has 0 aliphatic rings. The monoisotopic (exact) mass is 219 g/mol. The summed E-state index contributed by atoms with van der Waals surface area (Å²) < 4.78 is 1.34. The molecular formula is C10H13N5O. The van der Waals surface area contributed by atoms with E-state index in [9.17, 15) is 4.79 Å². The predicted octanol–water partition coefficient (Wildman–Crippen LogP) is 0.848. The number of tetrazole rings is 1. The summed E-state index contributed by atoms with van der Waals surface area (Å²) >= 11 is 0. The molecule has 0 spiro atoms. The minimum atomic E-state index is -0.200. The maximum absolute atomic E-state index is 11.6. The van der Waals surface area contributed by atoms with Gasteiger partial charge in [0, 0.05) is 0 Å². The number of hydrogen-bond acceptors (Lipinski definition) is 5. The molecule has 6 nitrogen and oxygen atoms in total. The molecule has 0 aliphatic heterocycles. The highest BCUT2D eigenvalue weighted by atomic mass is 16.1. The van der Waals surface area contributed by atoms with E-state index < -0.39 is 0 Å². The fourth-order valence-electron chi connectivity index (χ4n) is 1.85. The van der Waals surface area contributed by atoms with Gasteiger partial charge < -0.3 is 0 Å². The first kappa shape index (κ1) is 10.7. The molecule has 0 aromatic carbocycles. The average Bonchev–Trinajstić information content (AvgIpc) is 2.63. The van der Waals surface area contributed by atoms with Gasteiger partial charge in [0.15, 0.2) is 5.65 Å². The normalized spacial score (nSPS) is 13.2. The van der Waals surface area contributed by atoms with Crippen molar-refractivity contribution in [3.05, 3.63) is 17.8 Å². The van der Waals surface area contributed by atoms with Gasteiger partial charge in [-0.05, 0) is 35.4 Å². The smallest absolute Gasteiger partial charge is 0.199 e. The second-order valence-corrected chi connectivity index (χ2v) is 4.12. The fourth-order valence-corrected chi connectivity index (χ4v) is 1.85. The van der Waals surface area contributed by atoms with Gasteiger partial charge in [0.05, 0.1) is 11.6 Å². The maximum Gasteiger partial charge on any atom is 0.199 e. The Morgan fingerprint density at radius 2 is 2.12 bits per heavy atom. The first-order chi connectivity index (χ1) is 7.59. The Morgan fingerprint density at radius 3 is 2.75 bits per heavy atom. The Morgan fingerprint density at radius 1 is 1.38 bits per heavy atom. The summed E-state index contributed by atoms with van der Waals surface area (Å²) in [6, 6.07) is 3.57. The number of aromatic nitrogens is 5. The zero-order valence-electron chi connectivity index (χ0n) is 9.45. The number of carbonyl (C=O) groups excluding carboxylic acids is 1. The lowest BCUT2D eigenvalue weighted by Crippen LogP contribution is -2.18. The Bertz CT molecular complexity index is 519. The zero-order valence-corrected chi connectivity index (χ0v) is 9.45. The zero-order chi connectivity index (χ0) is 11.7. The summed E-state index contributed by atoms with van der Waals surface area (Å²) in [7, 11) is 0. The number of carbonyl (C=O) groups is 1. The lowest BCUT2D eigenvalue weighted by atomic mass is 9.89. The molecule has 84 valence electrons. The Hall–Kier alpha value is -1.85. The number of nitrogens with zero attached hydrogens (tertiary/aromatic N) is 5. The van der Waals surface area contributed by atoms with Gasteiger partial charge in [-0.1, -0.05) is 13.8 Å². The highest BCUT2D eigenvalue weighted by Crippen LogP contribution is 2.23. The van der Waals surface area contributed by atoms with Gasteiger partial charge in [-0.3, -0.25) is 4.79 Å². The van der Waals surface area contributed by atoms with E-state index in [-0.39, 0.29) is 17.6 Å². The van der Waals surface area contributed by atoms with Crippen molar-refractivity contribution in [1.82, 2.24) is 25.3 Å². The van der Waals surface area contributed by atoms with Crippen LogP contribution in [0.3, 0.4) is 0 Å². The van der Waals surface area contributed by atoms with Crippen molar-refractivity contribution in [2.45, 2.75) is 26.7 Å². The first-order valence-electron chi connectivity index (χ1n) is 5.15. The molecule has 2 rings (SSSR count). The third kappa shape index (κ3) is 1.78. The molecule has 0 bridgehead atoms. The molecule has 0 N–H and O–H groups in total. The van der Waals surface area contributed by atoms with Crippen LogP contribution in [0.4, 0.5) is 0 Å². The summed E-state index contributed by atoms with van der Waals surface area (Å²) in [6.45, 7) is 5.57. The Labute approximate surface area is 92.7 Å². The molecule has 2 aromatic heterocycles. The largest absolute Gasteiger partial charge is 0.299 e. The predicted molar refractivity (Wildman–Crippen MR) is 56.8 cm³/mol. The van der Waals surface area contributed by atoms with E-state index in [1.54, 1.807) is 19.1 Å². The average molecular weight is 219 g/mol. The number of Topliss-reactive ketones (excluding diaryl/α,β-unsaturated/α-hetero) is 1. The van der Waals surface area contributed by atoms with E-state index in [2.05, 4.69) is 20.6 Å². The molecule has 1 unspecified atom stereocenters. The number of ketones is 1. The molecule has 0 aliphatic carbocycles. The topological polar surface area (TPSA) is 73.0 Å². The third-order valence-corrected chi connectivity index (χ3v) is 2.51. The molecule has 0 radical (unpaired) electrons. The number of rotatable bonds is 3. The van der Waals surface area contributed by atoms with Gasteiger partial charge in [-0.15, -0.1) is 9.73 Å². The summed E-state index contributed by atoms with van der Waals surface area (Å²) in [5.41, 5.74) is 1.29. The van der Waals surface area contributed by atoms with Crippen LogP contribution in [-0.2, 0) is 4.79 Å². The van der Waals surface area contributed by atoms with Gasteiger partial charge in [0.25, 0.3) is 0 Å². The first-order valence-corrected chi connectivity index (χ1v) is 5.15. The lowest BCUT2D eigenvalue weighted by molar-refractivity contribution is -0.119. The summed E-state index contributed by atoms with van der Waals surface area (Å²) in [5.74, 6) is 0.113. The van der Waals surface area contributed by atoms with Crippen molar-refractivity contribution in [2.24, 2.45) is 5.92 Å². The van der Waals surface area contributed by atoms with Crippen molar-refractivity contribution in [2.75, 3.05) is 0 Å². The van der Waals surface area contributed by atoms with E-state index in [0.717, 1.165) is 0 Å². The lowest BCUT2D eigenvalue weighted by Gasteiger charge is -2.16. The summed E-state index contributed by atoms with van der Waals surface area (Å²) in [6.07, 6.45) is 0. The van der Waals surface area contributed by atoms with Crippen molar-refractivity contribution < 1.29 is 4.79 Å². The molecule has 0 saturated carbocycles. The highest BCUT2D eigenvalue weighted by molar-refractivity contribution is 5.83. The van der Waals surface area contributed by atoms with E-state index in [1.165, 1.54) is 4.63 Å². The Kier molecular flexibility index (Phi) is 2.64. The van der Waals surface area contributed by atoms with Crippen molar-refractivity contribution >= 4 is 11.4 Å². The molecule has 0 fully saturated rings. The van der Waals surface area contributed by atoms with Crippen LogP contribution in [0.25, 0.3) is 5.65 Å². The highest BCUT2D eigenvalue weighted by Gasteiger charge is 2.22. The van der Waals surface area contributed by atoms with Gasteiger partial charge in [0.1, 0.15) is 5.78 Å². The number of fused-ring (bicyclic) bond motifs is 1. The molecule has 0 amide bonds. The van der Waals surface area contributed by atoms with Crippen molar-refractivity contribution in [1.29, 1.82) is 0 Å². The molecule has 6 heteroatoms. The minimum Gasteiger partial charge on any atom is -0.299 e. The second-order valence-electron chi connectivity index (χ2n) is 4.12. The molecular weight excluding hydrogens is 206 g/mol. The van der Waals surface area contributed by atoms with E-state index in [1.807, 2.05) is 13.8 Å². The van der Waals surface area contributed by atoms with Crippen molar-refractivity contribution in [3.8, 4) is 0 Å². The summed E-state index contributed by atoms with van der Waals surface area (Å²) in [5, 5.41) is 15.2. The molecule has 2 aromatic rings. The van der Waals surface area contributed by atoms with Crippen LogP contribution in [0.1, 0.15) is 32.4 Å². The Balaban J connectivity index is 2.48. The maximum atomic E-state index is 11.6. The van der Waals surface area contributed by atoms with Crippen LogP contribution in [0.5, 0.6) is 0 Å². The second kappa shape index (κ2) is 3.96. The van der Waals surface area contributed by atoms with Gasteiger partial charge >= 0.3 is 0 Å². The van der Waals surface area contributed by atoms with Crippen LogP contribution >= 0.6 is 0 Å². The van der Waals surface area contributed by atoms with Gasteiger partial charge in [0.2, 0.25) is 0 Å². The van der Waals surface area contributed by atoms with Crippen LogP contribution in [0.15, 0.2) is 12.1 Å². The van der Waals surface area contributed by atoms with Gasteiger partial charge in [-0.25, -0.2) is 0 Å². The third-order valence-electron chi connectivity index (χ3n) is 2.51. The van der Waals surface area contributed by atoms with E-state index >= 15 is 0 Å². The van der Waals surface area contributed by atoms with Crippen LogP contribution in [0, 0.1) is 5.92 Å². The summed E-state index contributed by atoms with van der Waals surface area (Å²) in [4.78, 5) is 11.6. The van der Waals surface area contributed by atoms with Crippen LogP contribution in [-0.4, -0.2) is 31.0 Å². The minimum absolute atomic E-state index is 0.106. The van der Waals surface area contributed by atoms with E-state index in [0.29, 0.717) is 11.3 Å². The quantitative estimate of drug-likeness (QED) is 0.765. The standard InChI is InChI=1S/C10H13N5O/c1-6(2)10(7(3)16)8-4-5-9-11-13-14-15(9)12-8/h4-6,10H,1-3H3. The van der Waals surface area contributed by atoms with Gasteiger partial charge in [-0.2, -0.15) is 5.10 Å². The van der Waals surface area contributed by atoms with Crippen molar-refractivity contribution in [3.63, 3.8) is 0 Å². The SMILES string of the molecule is CC(=O)C(c1ccc2nnnn2n1)C(C)C. The number of hydrogen-bond donors (Lipinski definition) is 0. The molecule has 1 atom stereocenters. The van der Waals surface area contributed by atoms with Crippen LogP contribution < -0.4 is 0 Å². The molecule has 16 heavy (non-hydrogen) atoms. The van der Waals surface area contributed by atoms with E-state index in [4.69, 9.17) is 0 Å².